The fourth-order valence-corrected chi connectivity index (χ4v) is 4.36. The molecular formula is C23H18ClNO4S2. The molecule has 0 N–H and O–H groups in total. The lowest BCUT2D eigenvalue weighted by atomic mass is 10.2. The van der Waals surface area contributed by atoms with Crippen LogP contribution in [0.15, 0.2) is 76.2 Å². The molecule has 0 aliphatic carbocycles. The second-order valence-corrected chi connectivity index (χ2v) is 8.63. The maximum atomic E-state index is 12.8. The smallest absolute Gasteiger partial charge is 0.266 e. The Bertz CT molecular complexity index is 1110. The summed E-state index contributed by atoms with van der Waals surface area (Å²) in [5, 5.41) is 0.564. The highest BCUT2D eigenvalue weighted by Gasteiger charge is 2.32. The summed E-state index contributed by atoms with van der Waals surface area (Å²) in [6.45, 7) is 1.04. The number of halogens is 1. The monoisotopic (exact) mass is 471 g/mol. The molecular weight excluding hydrogens is 454 g/mol. The summed E-state index contributed by atoms with van der Waals surface area (Å²) in [6.07, 6.45) is 3.39. The molecule has 0 atom stereocenters. The molecule has 0 saturated carbocycles. The maximum Gasteiger partial charge on any atom is 0.266 e. The van der Waals surface area contributed by atoms with Crippen LogP contribution in [0.4, 0.5) is 0 Å². The molecule has 0 spiro atoms. The molecule has 158 valence electrons. The Morgan fingerprint density at radius 3 is 2.71 bits per heavy atom. The Kier molecular flexibility index (Phi) is 6.96. The number of hydrogen-bond donors (Lipinski definition) is 0. The number of thioether (sulfide) groups is 1. The van der Waals surface area contributed by atoms with Crippen LogP contribution < -0.4 is 9.47 Å². The number of nitrogens with zero attached hydrogens (tertiary/aromatic N) is 1. The first kappa shape index (κ1) is 21.5. The summed E-state index contributed by atoms with van der Waals surface area (Å²) in [6, 6.07) is 18.4. The van der Waals surface area contributed by atoms with Crippen molar-refractivity contribution in [1.82, 2.24) is 4.90 Å². The van der Waals surface area contributed by atoms with Crippen LogP contribution in [0.25, 0.3) is 6.08 Å². The molecule has 0 unspecified atom stereocenters. The topological polar surface area (TPSA) is 51.9 Å². The van der Waals surface area contributed by atoms with Gasteiger partial charge in [-0.15, -0.1) is 0 Å². The van der Waals surface area contributed by atoms with Gasteiger partial charge in [-0.1, -0.05) is 59.8 Å². The molecule has 1 fully saturated rings. The van der Waals surface area contributed by atoms with Crippen molar-refractivity contribution in [2.75, 3.05) is 13.2 Å². The average molecular weight is 472 g/mol. The van der Waals surface area contributed by atoms with E-state index in [-0.39, 0.29) is 5.91 Å². The first-order valence-electron chi connectivity index (χ1n) is 9.48. The standard InChI is InChI=1S/C23H18ClNO4S2/c24-19-8-1-2-9-20(19)29-12-11-28-17-6-3-5-16(13-17)14-21-22(26)25(23(30)31-21)15-18-7-4-10-27-18/h1-10,13-14H,11-12,15H2. The molecule has 1 aliphatic heterocycles. The van der Waals surface area contributed by atoms with Crippen LogP contribution in [-0.4, -0.2) is 28.3 Å². The maximum absolute atomic E-state index is 12.8. The molecule has 31 heavy (non-hydrogen) atoms. The molecule has 5 nitrogen and oxygen atoms in total. The van der Waals surface area contributed by atoms with Crippen molar-refractivity contribution in [3.8, 4) is 11.5 Å². The summed E-state index contributed by atoms with van der Waals surface area (Å²) < 4.78 is 17.2. The largest absolute Gasteiger partial charge is 0.490 e. The molecule has 8 heteroatoms. The molecule has 3 aromatic rings. The van der Waals surface area contributed by atoms with E-state index in [9.17, 15) is 4.79 Å². The summed E-state index contributed by atoms with van der Waals surface area (Å²) in [4.78, 5) is 14.9. The van der Waals surface area contributed by atoms with E-state index in [4.69, 9.17) is 37.7 Å². The number of ether oxygens (including phenoxy) is 2. The van der Waals surface area contributed by atoms with Gasteiger partial charge in [0.25, 0.3) is 5.91 Å². The molecule has 1 amide bonds. The number of amides is 1. The molecule has 0 radical (unpaired) electrons. The minimum Gasteiger partial charge on any atom is -0.490 e. The number of rotatable bonds is 8. The van der Waals surface area contributed by atoms with Crippen LogP contribution >= 0.6 is 35.6 Å². The third-order valence-electron chi connectivity index (χ3n) is 4.37. The van der Waals surface area contributed by atoms with Gasteiger partial charge in [-0.2, -0.15) is 0 Å². The molecule has 4 rings (SSSR count). The summed E-state index contributed by atoms with van der Waals surface area (Å²) in [5.41, 5.74) is 0.850. The van der Waals surface area contributed by atoms with E-state index in [1.165, 1.54) is 16.7 Å². The van der Waals surface area contributed by atoms with Crippen LogP contribution in [0.5, 0.6) is 11.5 Å². The molecule has 1 aromatic heterocycles. The number of hydrogen-bond acceptors (Lipinski definition) is 6. The molecule has 2 heterocycles. The van der Waals surface area contributed by atoms with E-state index in [2.05, 4.69) is 0 Å². The molecule has 0 bridgehead atoms. The van der Waals surface area contributed by atoms with E-state index in [1.807, 2.05) is 54.6 Å². The zero-order valence-corrected chi connectivity index (χ0v) is 18.7. The van der Waals surface area contributed by atoms with Gasteiger partial charge in [0, 0.05) is 0 Å². The average Bonchev–Trinajstić information content (AvgIpc) is 3.37. The first-order chi connectivity index (χ1) is 15.1. The van der Waals surface area contributed by atoms with Crippen LogP contribution in [-0.2, 0) is 11.3 Å². The minimum atomic E-state index is -0.133. The van der Waals surface area contributed by atoms with Gasteiger partial charge in [-0.3, -0.25) is 9.69 Å². The van der Waals surface area contributed by atoms with Gasteiger partial charge < -0.3 is 13.9 Å². The van der Waals surface area contributed by atoms with Gasteiger partial charge >= 0.3 is 0 Å². The summed E-state index contributed by atoms with van der Waals surface area (Å²) >= 11 is 12.7. The van der Waals surface area contributed by atoms with Gasteiger partial charge in [-0.25, -0.2) is 0 Å². The normalized spacial score (nSPS) is 15.0. The van der Waals surface area contributed by atoms with E-state index in [0.717, 1.165) is 5.56 Å². The minimum absolute atomic E-state index is 0.133. The second kappa shape index (κ2) is 10.0. The third kappa shape index (κ3) is 5.50. The van der Waals surface area contributed by atoms with E-state index in [1.54, 1.807) is 18.4 Å². The summed E-state index contributed by atoms with van der Waals surface area (Å²) in [5.74, 6) is 1.86. The number of para-hydroxylation sites is 1. The van der Waals surface area contributed by atoms with Crippen molar-refractivity contribution < 1.29 is 18.7 Å². The van der Waals surface area contributed by atoms with Crippen molar-refractivity contribution in [2.45, 2.75) is 6.54 Å². The van der Waals surface area contributed by atoms with Crippen molar-refractivity contribution in [1.29, 1.82) is 0 Å². The van der Waals surface area contributed by atoms with Crippen LogP contribution in [0.2, 0.25) is 5.02 Å². The quantitative estimate of drug-likeness (QED) is 0.235. The lowest BCUT2D eigenvalue weighted by Crippen LogP contribution is -2.27. The van der Waals surface area contributed by atoms with Crippen molar-refractivity contribution in [3.63, 3.8) is 0 Å². The van der Waals surface area contributed by atoms with Crippen LogP contribution in [0.1, 0.15) is 11.3 Å². The van der Waals surface area contributed by atoms with Crippen LogP contribution in [0, 0.1) is 0 Å². The number of furan rings is 1. The van der Waals surface area contributed by atoms with Crippen molar-refractivity contribution in [2.24, 2.45) is 0 Å². The third-order valence-corrected chi connectivity index (χ3v) is 6.06. The highest BCUT2D eigenvalue weighted by molar-refractivity contribution is 8.26. The molecule has 1 aliphatic rings. The number of carbonyl (C=O) groups is 1. The highest BCUT2D eigenvalue weighted by atomic mass is 35.5. The lowest BCUT2D eigenvalue weighted by molar-refractivity contribution is -0.122. The second-order valence-electron chi connectivity index (χ2n) is 6.55. The van der Waals surface area contributed by atoms with Gasteiger partial charge in [0.2, 0.25) is 0 Å². The number of thiocarbonyl (C=S) groups is 1. The lowest BCUT2D eigenvalue weighted by Gasteiger charge is -2.12. The van der Waals surface area contributed by atoms with Gasteiger partial charge in [0.15, 0.2) is 0 Å². The van der Waals surface area contributed by atoms with Crippen molar-refractivity contribution >= 4 is 51.9 Å². The number of carbonyl (C=O) groups excluding carboxylic acids is 1. The van der Waals surface area contributed by atoms with Crippen LogP contribution in [0.3, 0.4) is 0 Å². The van der Waals surface area contributed by atoms with E-state index >= 15 is 0 Å². The zero-order chi connectivity index (χ0) is 21.6. The SMILES string of the molecule is O=C1C(=Cc2cccc(OCCOc3ccccc3Cl)c2)SC(=S)N1Cc1ccco1. The van der Waals surface area contributed by atoms with E-state index < -0.39 is 0 Å². The molecule has 1 saturated heterocycles. The Hall–Kier alpha value is -2.74. The Morgan fingerprint density at radius 1 is 1.06 bits per heavy atom. The zero-order valence-electron chi connectivity index (χ0n) is 16.3. The Morgan fingerprint density at radius 2 is 1.90 bits per heavy atom. The van der Waals surface area contributed by atoms with Gasteiger partial charge in [0.05, 0.1) is 22.7 Å². The first-order valence-corrected chi connectivity index (χ1v) is 11.1. The fraction of sp³-hybridized carbons (Fsp3) is 0.130. The molecule has 2 aromatic carbocycles. The number of benzene rings is 2. The van der Waals surface area contributed by atoms with Gasteiger partial charge in [0.1, 0.15) is 34.8 Å². The van der Waals surface area contributed by atoms with E-state index in [0.29, 0.717) is 51.3 Å². The predicted octanol–water partition coefficient (Wildman–Crippen LogP) is 5.79. The fourth-order valence-electron chi connectivity index (χ4n) is 2.91. The van der Waals surface area contributed by atoms with Crippen molar-refractivity contribution in [3.05, 3.63) is 88.2 Å². The Labute approximate surface area is 194 Å². The predicted molar refractivity (Wildman–Crippen MR) is 126 cm³/mol. The van der Waals surface area contributed by atoms with Gasteiger partial charge in [-0.05, 0) is 48.0 Å². The highest BCUT2D eigenvalue weighted by Crippen LogP contribution is 2.34. The summed E-state index contributed by atoms with van der Waals surface area (Å²) in [7, 11) is 0. The Balaban J connectivity index is 1.35.